The molecule has 5 nitrogen and oxygen atoms in total. The average Bonchev–Trinajstić information content (AvgIpc) is 3.38. The number of aliphatic imine (C=N–C) groups is 1. The van der Waals surface area contributed by atoms with Crippen molar-refractivity contribution in [3.63, 3.8) is 0 Å². The first-order valence-corrected chi connectivity index (χ1v) is 12.7. The van der Waals surface area contributed by atoms with E-state index in [-0.39, 0.29) is 11.7 Å². The minimum Gasteiger partial charge on any atom is -0.380 e. The molecule has 0 unspecified atom stereocenters. The molecule has 1 fully saturated rings. The maximum Gasteiger partial charge on any atom is 0.266 e. The topological polar surface area (TPSA) is 46.8 Å². The Labute approximate surface area is 213 Å². The summed E-state index contributed by atoms with van der Waals surface area (Å²) in [7, 11) is 0. The predicted octanol–water partition coefficient (Wildman–Crippen LogP) is 6.47. The van der Waals surface area contributed by atoms with Crippen LogP contribution >= 0.6 is 11.8 Å². The first-order chi connectivity index (χ1) is 17.6. The van der Waals surface area contributed by atoms with E-state index >= 15 is 0 Å². The van der Waals surface area contributed by atoms with E-state index in [9.17, 15) is 9.18 Å². The predicted molar refractivity (Wildman–Crippen MR) is 145 cm³/mol. The Morgan fingerprint density at radius 2 is 1.75 bits per heavy atom. The van der Waals surface area contributed by atoms with Crippen molar-refractivity contribution in [1.29, 1.82) is 0 Å². The summed E-state index contributed by atoms with van der Waals surface area (Å²) < 4.78 is 21.9. The molecule has 36 heavy (non-hydrogen) atoms. The highest BCUT2D eigenvalue weighted by molar-refractivity contribution is 8.18. The number of para-hydroxylation sites is 2. The summed E-state index contributed by atoms with van der Waals surface area (Å²) in [5, 5.41) is 1.64. The molecule has 0 atom stereocenters. The van der Waals surface area contributed by atoms with Gasteiger partial charge in [-0.3, -0.25) is 9.69 Å². The Morgan fingerprint density at radius 3 is 2.56 bits per heavy atom. The molecule has 1 aliphatic heterocycles. The largest absolute Gasteiger partial charge is 0.380 e. The molecule has 0 radical (unpaired) electrons. The number of amidine groups is 1. The summed E-state index contributed by atoms with van der Waals surface area (Å²) in [6, 6.07) is 24.4. The molecule has 0 bridgehead atoms. The number of hydrogen-bond acceptors (Lipinski definition) is 4. The molecule has 7 heteroatoms. The van der Waals surface area contributed by atoms with Crippen LogP contribution in [0.3, 0.4) is 0 Å². The van der Waals surface area contributed by atoms with Gasteiger partial charge in [0.25, 0.3) is 5.91 Å². The highest BCUT2D eigenvalue weighted by Crippen LogP contribution is 2.35. The van der Waals surface area contributed by atoms with Crippen molar-refractivity contribution >= 4 is 45.5 Å². The van der Waals surface area contributed by atoms with Crippen LogP contribution in [0.2, 0.25) is 0 Å². The molecule has 3 aromatic carbocycles. The summed E-state index contributed by atoms with van der Waals surface area (Å²) in [5.74, 6) is -0.330. The van der Waals surface area contributed by atoms with Gasteiger partial charge < -0.3 is 9.30 Å². The summed E-state index contributed by atoms with van der Waals surface area (Å²) >= 11 is 1.36. The summed E-state index contributed by atoms with van der Waals surface area (Å²) in [5.41, 5.74) is 3.29. The van der Waals surface area contributed by atoms with Crippen molar-refractivity contribution < 1.29 is 13.9 Å². The number of thioether (sulfide) groups is 1. The summed E-state index contributed by atoms with van der Waals surface area (Å²) in [4.78, 5) is 20.4. The Balaban J connectivity index is 1.51. The van der Waals surface area contributed by atoms with E-state index < -0.39 is 0 Å². The van der Waals surface area contributed by atoms with Gasteiger partial charge in [-0.05, 0) is 49.0 Å². The number of amides is 1. The molecule has 1 aliphatic rings. The number of carbonyl (C=O) groups is 1. The lowest BCUT2D eigenvalue weighted by molar-refractivity contribution is -0.122. The lowest BCUT2D eigenvalue weighted by atomic mass is 10.1. The number of nitrogens with zero attached hydrogens (tertiary/aromatic N) is 3. The van der Waals surface area contributed by atoms with E-state index in [1.54, 1.807) is 17.0 Å². The number of aromatic nitrogens is 1. The molecule has 2 heterocycles. The quantitative estimate of drug-likeness (QED) is 0.206. The van der Waals surface area contributed by atoms with Crippen molar-refractivity contribution in [2.75, 3.05) is 19.8 Å². The third-order valence-electron chi connectivity index (χ3n) is 5.94. The third kappa shape index (κ3) is 5.12. The van der Waals surface area contributed by atoms with Crippen LogP contribution in [-0.2, 0) is 16.1 Å². The third-order valence-corrected chi connectivity index (χ3v) is 6.94. The molecule has 0 N–H and O–H groups in total. The molecule has 1 amide bonds. The number of benzene rings is 3. The average molecular weight is 500 g/mol. The van der Waals surface area contributed by atoms with Gasteiger partial charge in [0.1, 0.15) is 5.82 Å². The van der Waals surface area contributed by atoms with E-state index in [0.29, 0.717) is 41.9 Å². The normalized spacial score (nSPS) is 16.1. The van der Waals surface area contributed by atoms with Gasteiger partial charge in [0.2, 0.25) is 0 Å². The number of ether oxygens (including phenoxy) is 1. The van der Waals surface area contributed by atoms with Crippen molar-refractivity contribution in [3.8, 4) is 0 Å². The van der Waals surface area contributed by atoms with Crippen molar-refractivity contribution in [1.82, 2.24) is 9.47 Å². The minimum absolute atomic E-state index is 0.0969. The molecule has 0 saturated carbocycles. The first kappa shape index (κ1) is 24.0. The van der Waals surface area contributed by atoms with Crippen LogP contribution < -0.4 is 0 Å². The van der Waals surface area contributed by atoms with Gasteiger partial charge in [0.15, 0.2) is 5.17 Å². The maximum absolute atomic E-state index is 14.4. The smallest absolute Gasteiger partial charge is 0.266 e. The lowest BCUT2D eigenvalue weighted by Gasteiger charge is -2.15. The zero-order chi connectivity index (χ0) is 24.9. The fraction of sp³-hybridized carbons (Fsp3) is 0.172. The van der Waals surface area contributed by atoms with Crippen molar-refractivity contribution in [2.24, 2.45) is 4.99 Å². The molecule has 5 rings (SSSR count). The monoisotopic (exact) mass is 499 g/mol. The van der Waals surface area contributed by atoms with Gasteiger partial charge in [-0.15, -0.1) is 0 Å². The van der Waals surface area contributed by atoms with Gasteiger partial charge in [0, 0.05) is 34.8 Å². The standard InChI is InChI=1S/C29H26FN3O2S/c1-2-35-17-16-33-28(34)27(36-29(33)31-23-11-4-3-5-12-23)18-22-20-32(26-15-9-7-13-24(22)26)19-21-10-6-8-14-25(21)30/h3-15,18,20H,2,16-17,19H2,1H3/b27-18-,31-29?. The number of carbonyl (C=O) groups excluding carboxylic acids is 1. The molecule has 0 spiro atoms. The molecular weight excluding hydrogens is 473 g/mol. The van der Waals surface area contributed by atoms with Crippen LogP contribution in [0.5, 0.6) is 0 Å². The van der Waals surface area contributed by atoms with E-state index in [1.165, 1.54) is 17.8 Å². The highest BCUT2D eigenvalue weighted by Gasteiger charge is 2.33. The highest BCUT2D eigenvalue weighted by atomic mass is 32.2. The maximum atomic E-state index is 14.4. The van der Waals surface area contributed by atoms with Crippen LogP contribution in [0, 0.1) is 5.82 Å². The van der Waals surface area contributed by atoms with E-state index in [2.05, 4.69) is 0 Å². The Morgan fingerprint density at radius 1 is 1.00 bits per heavy atom. The molecule has 1 aromatic heterocycles. The van der Waals surface area contributed by atoms with E-state index in [0.717, 1.165) is 22.2 Å². The molecule has 4 aromatic rings. The van der Waals surface area contributed by atoms with E-state index in [1.807, 2.05) is 84.4 Å². The minimum atomic E-state index is -0.233. The fourth-order valence-electron chi connectivity index (χ4n) is 4.17. The van der Waals surface area contributed by atoms with Gasteiger partial charge in [-0.2, -0.15) is 0 Å². The van der Waals surface area contributed by atoms with Crippen LogP contribution in [0.25, 0.3) is 17.0 Å². The van der Waals surface area contributed by atoms with Crippen LogP contribution in [0.15, 0.2) is 95.0 Å². The fourth-order valence-corrected chi connectivity index (χ4v) is 5.19. The number of hydrogen-bond donors (Lipinski definition) is 0. The van der Waals surface area contributed by atoms with Crippen molar-refractivity contribution in [3.05, 3.63) is 107 Å². The van der Waals surface area contributed by atoms with Gasteiger partial charge >= 0.3 is 0 Å². The van der Waals surface area contributed by atoms with Gasteiger partial charge in [-0.1, -0.05) is 54.6 Å². The molecule has 182 valence electrons. The molecule has 1 saturated heterocycles. The second-order valence-electron chi connectivity index (χ2n) is 8.32. The van der Waals surface area contributed by atoms with Crippen molar-refractivity contribution in [2.45, 2.75) is 13.5 Å². The molecular formula is C29H26FN3O2S. The Hall–Kier alpha value is -3.68. The van der Waals surface area contributed by atoms with Gasteiger partial charge in [-0.25, -0.2) is 9.38 Å². The van der Waals surface area contributed by atoms with Crippen LogP contribution in [0.4, 0.5) is 10.1 Å². The number of halogens is 1. The molecule has 0 aliphatic carbocycles. The SMILES string of the molecule is CCOCCN1C(=O)/C(=C/c2cn(Cc3ccccc3F)c3ccccc23)SC1=Nc1ccccc1. The summed E-state index contributed by atoms with van der Waals surface area (Å²) in [6.45, 7) is 3.79. The zero-order valence-corrected chi connectivity index (χ0v) is 20.7. The first-order valence-electron chi connectivity index (χ1n) is 11.9. The second kappa shape index (κ2) is 10.9. The van der Waals surface area contributed by atoms with Gasteiger partial charge in [0.05, 0.1) is 30.3 Å². The van der Waals surface area contributed by atoms with Crippen LogP contribution in [-0.4, -0.2) is 40.3 Å². The summed E-state index contributed by atoms with van der Waals surface area (Å²) in [6.07, 6.45) is 3.89. The number of rotatable bonds is 8. The van der Waals surface area contributed by atoms with Crippen LogP contribution in [0.1, 0.15) is 18.1 Å². The van der Waals surface area contributed by atoms with E-state index in [4.69, 9.17) is 9.73 Å². The number of fused-ring (bicyclic) bond motifs is 1. The Kier molecular flexibility index (Phi) is 7.30. The Bertz CT molecular complexity index is 1450. The lowest BCUT2D eigenvalue weighted by Crippen LogP contribution is -2.32. The second-order valence-corrected chi connectivity index (χ2v) is 9.32. The zero-order valence-electron chi connectivity index (χ0n) is 19.9.